The predicted octanol–water partition coefficient (Wildman–Crippen LogP) is 2.76. The first-order valence-electron chi connectivity index (χ1n) is 7.89. The van der Waals surface area contributed by atoms with Crippen LogP contribution >= 0.6 is 35.3 Å². The number of guanidine groups is 1. The summed E-state index contributed by atoms with van der Waals surface area (Å²) >= 11 is 1.83. The molecule has 0 spiro atoms. The van der Waals surface area contributed by atoms with Crippen LogP contribution in [0.4, 0.5) is 0 Å². The van der Waals surface area contributed by atoms with Crippen LogP contribution < -0.4 is 5.32 Å². The van der Waals surface area contributed by atoms with Gasteiger partial charge >= 0.3 is 0 Å². The summed E-state index contributed by atoms with van der Waals surface area (Å²) in [4.78, 5) is 10.9. The lowest BCUT2D eigenvalue weighted by Gasteiger charge is -2.22. The molecule has 1 fully saturated rings. The molecule has 2 heterocycles. The molecule has 1 aromatic heterocycles. The molecular weight excluding hydrogens is 407 g/mol. The van der Waals surface area contributed by atoms with E-state index >= 15 is 0 Å². The molecule has 1 aliphatic heterocycles. The summed E-state index contributed by atoms with van der Waals surface area (Å²) in [6.45, 7) is 7.40. The first kappa shape index (κ1) is 19.7. The first-order chi connectivity index (χ1) is 10.2. The monoisotopic (exact) mass is 436 g/mol. The van der Waals surface area contributed by atoms with Crippen molar-refractivity contribution in [3.8, 4) is 0 Å². The number of likely N-dealkylation sites (tertiary alicyclic amines) is 1. The highest BCUT2D eigenvalue weighted by Crippen LogP contribution is 2.14. The molecule has 0 aromatic carbocycles. The molecule has 1 aliphatic rings. The Kier molecular flexibility index (Phi) is 9.35. The second kappa shape index (κ2) is 10.4. The van der Waals surface area contributed by atoms with Crippen molar-refractivity contribution in [1.82, 2.24) is 15.1 Å². The zero-order valence-electron chi connectivity index (χ0n) is 13.9. The molecule has 0 aliphatic carbocycles. The molecule has 126 valence electrons. The number of hydrogen-bond donors (Lipinski definition) is 1. The fourth-order valence-corrected chi connectivity index (χ4v) is 3.40. The second-order valence-corrected chi connectivity index (χ2v) is 6.89. The highest BCUT2D eigenvalue weighted by molar-refractivity contribution is 14.0. The normalized spacial score (nSPS) is 19.0. The Bertz CT molecular complexity index is 435. The van der Waals surface area contributed by atoms with Gasteiger partial charge in [-0.05, 0) is 50.7 Å². The average Bonchev–Trinajstić information content (AvgIpc) is 3.12. The van der Waals surface area contributed by atoms with Crippen LogP contribution in [-0.2, 0) is 6.42 Å². The van der Waals surface area contributed by atoms with Gasteiger partial charge in [0.25, 0.3) is 0 Å². The van der Waals surface area contributed by atoms with Crippen LogP contribution in [0.25, 0.3) is 0 Å². The molecule has 2 rings (SSSR count). The number of nitrogens with one attached hydrogen (secondary N) is 1. The van der Waals surface area contributed by atoms with Crippen molar-refractivity contribution in [2.45, 2.75) is 19.8 Å². The van der Waals surface area contributed by atoms with Crippen molar-refractivity contribution >= 4 is 41.3 Å². The Morgan fingerprint density at radius 1 is 1.55 bits per heavy atom. The van der Waals surface area contributed by atoms with Gasteiger partial charge in [-0.2, -0.15) is 0 Å². The molecule has 1 saturated heterocycles. The number of halogens is 1. The summed E-state index contributed by atoms with van der Waals surface area (Å²) < 4.78 is 0. The fourth-order valence-electron chi connectivity index (χ4n) is 2.70. The molecule has 0 amide bonds. The number of hydrogen-bond acceptors (Lipinski definition) is 3. The van der Waals surface area contributed by atoms with Crippen LogP contribution in [0.2, 0.25) is 0 Å². The van der Waals surface area contributed by atoms with E-state index in [4.69, 9.17) is 4.99 Å². The van der Waals surface area contributed by atoms with Crippen molar-refractivity contribution in [3.63, 3.8) is 0 Å². The minimum Gasteiger partial charge on any atom is -0.357 e. The molecule has 1 aromatic rings. The Morgan fingerprint density at radius 2 is 2.36 bits per heavy atom. The van der Waals surface area contributed by atoms with Gasteiger partial charge < -0.3 is 15.1 Å². The van der Waals surface area contributed by atoms with Gasteiger partial charge in [-0.25, -0.2) is 0 Å². The quantitative estimate of drug-likeness (QED) is 0.423. The van der Waals surface area contributed by atoms with Crippen LogP contribution in [-0.4, -0.2) is 62.6 Å². The van der Waals surface area contributed by atoms with Crippen LogP contribution in [0.3, 0.4) is 0 Å². The summed E-state index contributed by atoms with van der Waals surface area (Å²) in [6.07, 6.45) is 2.36. The Balaban J connectivity index is 0.00000242. The second-order valence-electron chi connectivity index (χ2n) is 5.86. The topological polar surface area (TPSA) is 30.9 Å². The number of thiophene rings is 1. The van der Waals surface area contributed by atoms with Crippen molar-refractivity contribution in [3.05, 3.63) is 22.4 Å². The van der Waals surface area contributed by atoms with E-state index in [1.54, 1.807) is 0 Å². The third kappa shape index (κ3) is 6.42. The van der Waals surface area contributed by atoms with Crippen molar-refractivity contribution in [2.75, 3.05) is 46.8 Å². The van der Waals surface area contributed by atoms with Crippen molar-refractivity contribution in [1.29, 1.82) is 0 Å². The van der Waals surface area contributed by atoms with E-state index in [1.807, 2.05) is 11.3 Å². The summed E-state index contributed by atoms with van der Waals surface area (Å²) in [5.74, 6) is 1.76. The van der Waals surface area contributed by atoms with Gasteiger partial charge in [-0.15, -0.1) is 35.3 Å². The number of nitrogens with zero attached hydrogens (tertiary/aromatic N) is 3. The molecule has 1 N–H and O–H groups in total. The Labute approximate surface area is 156 Å². The van der Waals surface area contributed by atoms with E-state index < -0.39 is 0 Å². The lowest BCUT2D eigenvalue weighted by atomic mass is 10.1. The maximum Gasteiger partial charge on any atom is 0.193 e. The molecule has 0 bridgehead atoms. The van der Waals surface area contributed by atoms with E-state index in [-0.39, 0.29) is 24.0 Å². The van der Waals surface area contributed by atoms with E-state index in [1.165, 1.54) is 24.4 Å². The Hall–Kier alpha value is -0.340. The number of rotatable bonds is 6. The summed E-state index contributed by atoms with van der Waals surface area (Å²) in [5, 5.41) is 5.56. The largest absolute Gasteiger partial charge is 0.357 e. The van der Waals surface area contributed by atoms with Crippen LogP contribution in [0, 0.1) is 5.92 Å². The first-order valence-corrected chi connectivity index (χ1v) is 8.77. The molecule has 1 atom stereocenters. The van der Waals surface area contributed by atoms with Gasteiger partial charge in [0, 0.05) is 38.1 Å². The van der Waals surface area contributed by atoms with E-state index in [0.29, 0.717) is 5.92 Å². The lowest BCUT2D eigenvalue weighted by Crippen LogP contribution is -2.40. The van der Waals surface area contributed by atoms with Gasteiger partial charge in [0.15, 0.2) is 5.96 Å². The van der Waals surface area contributed by atoms with Crippen molar-refractivity contribution < 1.29 is 0 Å². The van der Waals surface area contributed by atoms with Crippen LogP contribution in [0.5, 0.6) is 0 Å². The molecule has 6 heteroatoms. The zero-order valence-corrected chi connectivity index (χ0v) is 17.1. The standard InChI is InChI=1S/C16H28N4S.HI/c1-4-17-16(18-12-14-7-9-19(2)13-14)20(3)10-8-15-6-5-11-21-15;/h5-6,11,14H,4,7-10,12-13H2,1-3H3,(H,17,18);1H. The fraction of sp³-hybridized carbons (Fsp3) is 0.688. The molecular formula is C16H29IN4S. The minimum atomic E-state index is 0. The van der Waals surface area contributed by atoms with Gasteiger partial charge in [0.05, 0.1) is 0 Å². The van der Waals surface area contributed by atoms with E-state index in [0.717, 1.165) is 32.0 Å². The maximum absolute atomic E-state index is 4.84. The summed E-state index contributed by atoms with van der Waals surface area (Å²) in [5.41, 5.74) is 0. The van der Waals surface area contributed by atoms with Gasteiger partial charge in [-0.1, -0.05) is 6.07 Å². The third-order valence-corrected chi connectivity index (χ3v) is 4.89. The van der Waals surface area contributed by atoms with E-state index in [9.17, 15) is 0 Å². The lowest BCUT2D eigenvalue weighted by molar-refractivity contribution is 0.396. The SMILES string of the molecule is CCNC(=NCC1CCN(C)C1)N(C)CCc1cccs1.I. The molecule has 0 radical (unpaired) electrons. The molecule has 4 nitrogen and oxygen atoms in total. The van der Waals surface area contributed by atoms with Gasteiger partial charge in [-0.3, -0.25) is 4.99 Å². The maximum atomic E-state index is 4.84. The highest BCUT2D eigenvalue weighted by Gasteiger charge is 2.19. The summed E-state index contributed by atoms with van der Waals surface area (Å²) in [6, 6.07) is 4.33. The Morgan fingerprint density at radius 3 is 2.95 bits per heavy atom. The van der Waals surface area contributed by atoms with Crippen LogP contribution in [0.15, 0.2) is 22.5 Å². The summed E-state index contributed by atoms with van der Waals surface area (Å²) in [7, 11) is 4.33. The highest BCUT2D eigenvalue weighted by atomic mass is 127. The molecule has 0 saturated carbocycles. The van der Waals surface area contributed by atoms with Gasteiger partial charge in [0.2, 0.25) is 0 Å². The van der Waals surface area contributed by atoms with Crippen molar-refractivity contribution in [2.24, 2.45) is 10.9 Å². The zero-order chi connectivity index (χ0) is 15.1. The average molecular weight is 436 g/mol. The molecule has 1 unspecified atom stereocenters. The minimum absolute atomic E-state index is 0. The van der Waals surface area contributed by atoms with E-state index in [2.05, 4.69) is 53.6 Å². The number of likely N-dealkylation sites (N-methyl/N-ethyl adjacent to an activating group) is 1. The smallest absolute Gasteiger partial charge is 0.193 e. The van der Waals surface area contributed by atoms with Gasteiger partial charge in [0.1, 0.15) is 0 Å². The van der Waals surface area contributed by atoms with Crippen LogP contribution in [0.1, 0.15) is 18.2 Å². The molecule has 22 heavy (non-hydrogen) atoms. The third-order valence-electron chi connectivity index (χ3n) is 3.96. The number of aliphatic imine (C=N–C) groups is 1. The predicted molar refractivity (Wildman–Crippen MR) is 108 cm³/mol.